The molecule has 0 radical (unpaired) electrons. The van der Waals surface area contributed by atoms with Crippen LogP contribution < -0.4 is 4.74 Å². The number of nitro benzene ring substituents is 1. The van der Waals surface area contributed by atoms with E-state index in [1.54, 1.807) is 17.0 Å². The molecule has 0 aliphatic carbocycles. The number of hydrogen-bond donors (Lipinski definition) is 0. The number of halogens is 1. The summed E-state index contributed by atoms with van der Waals surface area (Å²) >= 11 is 6.55. The Balaban J connectivity index is 1.48. The maximum Gasteiger partial charge on any atom is 0.312 e. The number of rotatable bonds is 7. The van der Waals surface area contributed by atoms with Gasteiger partial charge in [0.15, 0.2) is 0 Å². The number of carbonyl (C=O) groups is 1. The Morgan fingerprint density at radius 3 is 2.61 bits per heavy atom. The van der Waals surface area contributed by atoms with Crippen LogP contribution in [0.2, 0.25) is 0 Å². The molecule has 2 saturated heterocycles. The first-order valence-corrected chi connectivity index (χ1v) is 11.4. The Bertz CT molecular complexity index is 1100. The van der Waals surface area contributed by atoms with Crippen molar-refractivity contribution in [3.05, 3.63) is 68.9 Å². The molecule has 2 aliphatic heterocycles. The average Bonchev–Trinajstić information content (AvgIpc) is 3.07. The van der Waals surface area contributed by atoms with Gasteiger partial charge in [0.05, 0.1) is 23.0 Å². The van der Waals surface area contributed by atoms with Crippen LogP contribution in [0.15, 0.2) is 47.4 Å². The summed E-state index contributed by atoms with van der Waals surface area (Å²) in [6.07, 6.45) is 1.59. The molecular formula is C22H20FN3O5S2. The second kappa shape index (κ2) is 10.4. The van der Waals surface area contributed by atoms with Gasteiger partial charge in [0, 0.05) is 32.2 Å². The van der Waals surface area contributed by atoms with Gasteiger partial charge in [-0.15, -0.1) is 0 Å². The highest BCUT2D eigenvalue weighted by atomic mass is 32.2. The summed E-state index contributed by atoms with van der Waals surface area (Å²) in [5.74, 6) is -0.364. The second-order valence-corrected chi connectivity index (χ2v) is 9.00. The largest absolute Gasteiger partial charge is 0.450 e. The number of thioether (sulfide) groups is 1. The summed E-state index contributed by atoms with van der Waals surface area (Å²) in [5, 5.41) is 11.6. The molecule has 0 spiro atoms. The molecule has 11 heteroatoms. The third-order valence-electron chi connectivity index (χ3n) is 5.14. The number of nitrogens with zero attached hydrogens (tertiary/aromatic N) is 3. The first-order valence-electron chi connectivity index (χ1n) is 10.2. The van der Waals surface area contributed by atoms with E-state index in [2.05, 4.69) is 4.90 Å². The van der Waals surface area contributed by atoms with Crippen molar-refractivity contribution in [2.24, 2.45) is 0 Å². The van der Waals surface area contributed by atoms with Crippen LogP contribution in [-0.4, -0.2) is 64.3 Å². The van der Waals surface area contributed by atoms with Gasteiger partial charge < -0.3 is 9.47 Å². The van der Waals surface area contributed by atoms with Gasteiger partial charge in [-0.2, -0.15) is 0 Å². The smallest absolute Gasteiger partial charge is 0.312 e. The standard InChI is InChI=1S/C22H20FN3O5S2/c23-16-2-4-17(5-3-16)31-19-6-1-15(13-18(19)26(28)29)14-20-21(27)25(22(32)33-20)8-7-24-9-11-30-12-10-24/h1-6,13-14H,7-12H2/b20-14+. The Morgan fingerprint density at radius 1 is 1.18 bits per heavy atom. The van der Waals surface area contributed by atoms with E-state index in [-0.39, 0.29) is 23.1 Å². The van der Waals surface area contributed by atoms with Crippen molar-refractivity contribution in [3.63, 3.8) is 0 Å². The highest BCUT2D eigenvalue weighted by molar-refractivity contribution is 8.26. The molecule has 2 fully saturated rings. The first kappa shape index (κ1) is 23.3. The summed E-state index contributed by atoms with van der Waals surface area (Å²) < 4.78 is 24.4. The van der Waals surface area contributed by atoms with Crippen molar-refractivity contribution in [2.75, 3.05) is 39.4 Å². The van der Waals surface area contributed by atoms with Crippen LogP contribution in [0.4, 0.5) is 10.1 Å². The summed E-state index contributed by atoms with van der Waals surface area (Å²) in [6, 6.07) is 9.58. The van der Waals surface area contributed by atoms with Crippen molar-refractivity contribution < 1.29 is 23.6 Å². The van der Waals surface area contributed by atoms with Crippen LogP contribution in [0.25, 0.3) is 6.08 Å². The monoisotopic (exact) mass is 489 g/mol. The molecule has 0 bridgehead atoms. The molecular weight excluding hydrogens is 469 g/mol. The Kier molecular flexibility index (Phi) is 7.33. The minimum Gasteiger partial charge on any atom is -0.450 e. The fraction of sp³-hybridized carbons (Fsp3) is 0.273. The molecule has 8 nitrogen and oxygen atoms in total. The molecule has 2 aromatic carbocycles. The quantitative estimate of drug-likeness (QED) is 0.249. The van der Waals surface area contributed by atoms with E-state index >= 15 is 0 Å². The van der Waals surface area contributed by atoms with E-state index in [9.17, 15) is 19.3 Å². The van der Waals surface area contributed by atoms with Gasteiger partial charge in [-0.25, -0.2) is 4.39 Å². The van der Waals surface area contributed by atoms with Crippen LogP contribution in [0.1, 0.15) is 5.56 Å². The molecule has 172 valence electrons. The van der Waals surface area contributed by atoms with Gasteiger partial charge in [-0.1, -0.05) is 30.0 Å². The number of morpholine rings is 1. The summed E-state index contributed by atoms with van der Waals surface area (Å²) in [7, 11) is 0. The lowest BCUT2D eigenvalue weighted by Gasteiger charge is -2.28. The number of hydrogen-bond acceptors (Lipinski definition) is 8. The van der Waals surface area contributed by atoms with Crippen LogP contribution in [0.5, 0.6) is 11.5 Å². The predicted octanol–water partition coefficient (Wildman–Crippen LogP) is 4.06. The minimum atomic E-state index is -0.566. The van der Waals surface area contributed by atoms with Crippen molar-refractivity contribution in [1.29, 1.82) is 0 Å². The van der Waals surface area contributed by atoms with Crippen LogP contribution in [0.3, 0.4) is 0 Å². The number of ether oxygens (including phenoxy) is 2. The SMILES string of the molecule is O=C1/C(=C\c2ccc(Oc3ccc(F)cc3)c([N+](=O)[O-])c2)SC(=S)N1CCN1CCOCC1. The third-order valence-corrected chi connectivity index (χ3v) is 6.51. The molecule has 0 N–H and O–H groups in total. The predicted molar refractivity (Wildman–Crippen MR) is 127 cm³/mol. The van der Waals surface area contributed by atoms with E-state index in [1.807, 2.05) is 0 Å². The molecule has 33 heavy (non-hydrogen) atoms. The minimum absolute atomic E-state index is 0.0156. The summed E-state index contributed by atoms with van der Waals surface area (Å²) in [5.41, 5.74) is 0.206. The lowest BCUT2D eigenvalue weighted by atomic mass is 10.1. The maximum atomic E-state index is 13.1. The van der Waals surface area contributed by atoms with Gasteiger partial charge in [0.2, 0.25) is 5.75 Å². The summed E-state index contributed by atoms with van der Waals surface area (Å²) in [4.78, 5) is 28.1. The Morgan fingerprint density at radius 2 is 1.91 bits per heavy atom. The van der Waals surface area contributed by atoms with Crippen molar-refractivity contribution in [2.45, 2.75) is 0 Å². The number of benzene rings is 2. The molecule has 2 heterocycles. The molecule has 0 saturated carbocycles. The van der Waals surface area contributed by atoms with E-state index in [1.165, 1.54) is 48.2 Å². The number of thiocarbonyl (C=S) groups is 1. The summed E-state index contributed by atoms with van der Waals surface area (Å²) in [6.45, 7) is 4.17. The van der Waals surface area contributed by atoms with Crippen molar-refractivity contribution in [3.8, 4) is 11.5 Å². The van der Waals surface area contributed by atoms with Gasteiger partial charge in [-0.3, -0.25) is 24.7 Å². The van der Waals surface area contributed by atoms with Crippen LogP contribution >= 0.6 is 24.0 Å². The lowest BCUT2D eigenvalue weighted by Crippen LogP contribution is -2.42. The first-order chi connectivity index (χ1) is 15.9. The number of carbonyl (C=O) groups excluding carboxylic acids is 1. The zero-order valence-electron chi connectivity index (χ0n) is 17.4. The van der Waals surface area contributed by atoms with E-state index in [0.29, 0.717) is 41.1 Å². The van der Waals surface area contributed by atoms with E-state index in [0.717, 1.165) is 13.1 Å². The molecule has 0 aromatic heterocycles. The lowest BCUT2D eigenvalue weighted by molar-refractivity contribution is -0.385. The molecule has 1 amide bonds. The fourth-order valence-corrected chi connectivity index (χ4v) is 4.70. The molecule has 4 rings (SSSR count). The van der Waals surface area contributed by atoms with Crippen LogP contribution in [-0.2, 0) is 9.53 Å². The van der Waals surface area contributed by atoms with Crippen LogP contribution in [0, 0.1) is 15.9 Å². The van der Waals surface area contributed by atoms with Crippen molar-refractivity contribution in [1.82, 2.24) is 9.80 Å². The highest BCUT2D eigenvalue weighted by Gasteiger charge is 2.32. The van der Waals surface area contributed by atoms with Gasteiger partial charge in [0.1, 0.15) is 15.9 Å². The zero-order valence-corrected chi connectivity index (χ0v) is 19.1. The molecule has 0 unspecified atom stereocenters. The average molecular weight is 490 g/mol. The van der Waals surface area contributed by atoms with E-state index in [4.69, 9.17) is 21.7 Å². The third kappa shape index (κ3) is 5.74. The maximum absolute atomic E-state index is 13.1. The molecule has 2 aliphatic rings. The van der Waals surface area contributed by atoms with Gasteiger partial charge >= 0.3 is 5.69 Å². The Labute approximate surface area is 199 Å². The Hall–Kier alpha value is -2.86. The van der Waals surface area contributed by atoms with Crippen molar-refractivity contribution >= 4 is 46.0 Å². The van der Waals surface area contributed by atoms with E-state index < -0.39 is 10.7 Å². The van der Waals surface area contributed by atoms with Gasteiger partial charge in [-0.05, 0) is 42.0 Å². The molecule has 2 aromatic rings. The normalized spacial score (nSPS) is 18.2. The second-order valence-electron chi connectivity index (χ2n) is 7.33. The number of nitro groups is 1. The fourth-order valence-electron chi connectivity index (χ4n) is 3.39. The topological polar surface area (TPSA) is 85.1 Å². The highest BCUT2D eigenvalue weighted by Crippen LogP contribution is 2.36. The number of amides is 1. The molecule has 0 atom stereocenters. The zero-order chi connectivity index (χ0) is 23.4. The van der Waals surface area contributed by atoms with Gasteiger partial charge in [0.25, 0.3) is 5.91 Å².